The molecule has 104 valence electrons. The average Bonchev–Trinajstić information content (AvgIpc) is 2.74. The quantitative estimate of drug-likeness (QED) is 0.847. The normalized spacial score (nSPS) is 25.0. The molecule has 19 heavy (non-hydrogen) atoms. The van der Waals surface area contributed by atoms with E-state index in [2.05, 4.69) is 0 Å². The lowest BCUT2D eigenvalue weighted by atomic mass is 10.1. The van der Waals surface area contributed by atoms with Crippen LogP contribution in [-0.4, -0.2) is 16.6 Å². The molecule has 1 saturated carbocycles. The maximum absolute atomic E-state index is 13.4. The first-order valence-electron chi connectivity index (χ1n) is 6.18. The molecule has 2 nitrogen and oxygen atoms in total. The summed E-state index contributed by atoms with van der Waals surface area (Å²) < 4.78 is 42.4. The fourth-order valence-electron chi connectivity index (χ4n) is 2.30. The van der Waals surface area contributed by atoms with Gasteiger partial charge in [-0.1, -0.05) is 12.2 Å². The van der Waals surface area contributed by atoms with E-state index in [-0.39, 0.29) is 12.0 Å². The number of hydrogen-bond donors (Lipinski definition) is 0. The molecule has 0 amide bonds. The van der Waals surface area contributed by atoms with Gasteiger partial charge in [-0.15, -0.1) is 0 Å². The monoisotopic (exact) mass is 286 g/mol. The van der Waals surface area contributed by atoms with Crippen LogP contribution in [0, 0.1) is 17.6 Å². The summed E-state index contributed by atoms with van der Waals surface area (Å²) in [4.78, 5) is 0. The topological polar surface area (TPSA) is 26.3 Å². The Hall–Kier alpha value is -1.07. The number of allylic oxidation sites excluding steroid dienone is 1. The number of rotatable bonds is 4. The maximum atomic E-state index is 13.4. The number of benzene rings is 1. The Morgan fingerprint density at radius 2 is 2.16 bits per heavy atom. The van der Waals surface area contributed by atoms with Crippen LogP contribution in [0.3, 0.4) is 0 Å². The zero-order chi connectivity index (χ0) is 13.8. The zero-order valence-corrected chi connectivity index (χ0v) is 11.5. The van der Waals surface area contributed by atoms with Crippen molar-refractivity contribution in [3.63, 3.8) is 0 Å². The van der Waals surface area contributed by atoms with Crippen molar-refractivity contribution in [3.8, 4) is 0 Å². The van der Waals surface area contributed by atoms with Crippen molar-refractivity contribution in [1.82, 2.24) is 0 Å². The molecule has 0 spiro atoms. The first-order chi connectivity index (χ1) is 9.04. The lowest BCUT2D eigenvalue weighted by Crippen LogP contribution is -2.09. The van der Waals surface area contributed by atoms with Gasteiger partial charge in [-0.2, -0.15) is 0 Å². The minimum atomic E-state index is -1.24. The van der Waals surface area contributed by atoms with Crippen molar-refractivity contribution in [2.45, 2.75) is 25.4 Å². The van der Waals surface area contributed by atoms with E-state index in [0.717, 1.165) is 25.3 Å². The van der Waals surface area contributed by atoms with E-state index in [4.69, 9.17) is 4.18 Å². The van der Waals surface area contributed by atoms with Crippen LogP contribution in [0.15, 0.2) is 24.3 Å². The molecule has 3 unspecified atom stereocenters. The summed E-state index contributed by atoms with van der Waals surface area (Å²) in [5, 5.41) is 0. The van der Waals surface area contributed by atoms with Crippen molar-refractivity contribution < 1.29 is 17.2 Å². The minimum Gasteiger partial charge on any atom is -0.287 e. The second-order valence-electron chi connectivity index (χ2n) is 4.72. The summed E-state index contributed by atoms with van der Waals surface area (Å²) in [5.74, 6) is -0.843. The van der Waals surface area contributed by atoms with Crippen molar-refractivity contribution in [2.75, 3.05) is 6.26 Å². The first kappa shape index (κ1) is 14.3. The summed E-state index contributed by atoms with van der Waals surface area (Å²) in [6, 6.07) is 3.54. The molecule has 0 aromatic heterocycles. The predicted octanol–water partition coefficient (Wildman–Crippen LogP) is 3.46. The Morgan fingerprint density at radius 3 is 2.84 bits per heavy atom. The van der Waals surface area contributed by atoms with Gasteiger partial charge in [-0.3, -0.25) is 4.18 Å². The van der Waals surface area contributed by atoms with Gasteiger partial charge >= 0.3 is 0 Å². The van der Waals surface area contributed by atoms with Gasteiger partial charge in [0.2, 0.25) is 0 Å². The van der Waals surface area contributed by atoms with Crippen molar-refractivity contribution in [3.05, 3.63) is 41.5 Å². The van der Waals surface area contributed by atoms with E-state index < -0.39 is 22.7 Å². The number of halogens is 2. The van der Waals surface area contributed by atoms with Gasteiger partial charge in [-0.05, 0) is 37.3 Å². The number of hydrogen-bond acceptors (Lipinski definition) is 2. The van der Waals surface area contributed by atoms with Crippen LogP contribution in [-0.2, 0) is 15.3 Å². The molecule has 0 N–H and O–H groups in total. The van der Waals surface area contributed by atoms with Crippen molar-refractivity contribution in [2.24, 2.45) is 5.92 Å². The first-order valence-corrected chi connectivity index (χ1v) is 7.66. The van der Waals surface area contributed by atoms with E-state index >= 15 is 0 Å². The molecule has 1 aliphatic rings. The van der Waals surface area contributed by atoms with Gasteiger partial charge < -0.3 is 0 Å². The molecule has 0 aliphatic heterocycles. The molecule has 1 aromatic carbocycles. The third-order valence-corrected chi connectivity index (χ3v) is 3.75. The second-order valence-corrected chi connectivity index (χ2v) is 5.71. The Labute approximate surface area is 114 Å². The highest BCUT2D eigenvalue weighted by atomic mass is 32.2. The van der Waals surface area contributed by atoms with Crippen molar-refractivity contribution in [1.29, 1.82) is 0 Å². The standard InChI is InChI=1S/C14H16F2O2S/c1-19(17)18-13-7-3-10(8-13)2-4-11-5-6-12(15)9-14(11)16/h2,4-6,9-10,13H,3,7-8H2,1H3/b4-2+. The van der Waals surface area contributed by atoms with Gasteiger partial charge in [-0.25, -0.2) is 13.0 Å². The van der Waals surface area contributed by atoms with E-state index in [1.54, 1.807) is 6.08 Å². The highest BCUT2D eigenvalue weighted by Crippen LogP contribution is 2.30. The Balaban J connectivity index is 1.94. The Bertz CT molecular complexity index is 502. The zero-order valence-electron chi connectivity index (χ0n) is 10.6. The summed E-state index contributed by atoms with van der Waals surface area (Å²) in [7, 11) is 0. The van der Waals surface area contributed by atoms with Crippen LogP contribution in [0.1, 0.15) is 24.8 Å². The molecule has 2 rings (SSSR count). The lowest BCUT2D eigenvalue weighted by molar-refractivity contribution is 0.233. The summed E-state index contributed by atoms with van der Waals surface area (Å²) >= 11 is -1.24. The van der Waals surface area contributed by atoms with Crippen LogP contribution in [0.4, 0.5) is 8.78 Å². The fraction of sp³-hybridized carbons (Fsp3) is 0.429. The average molecular weight is 286 g/mol. The predicted molar refractivity (Wildman–Crippen MR) is 71.7 cm³/mol. The van der Waals surface area contributed by atoms with E-state index in [9.17, 15) is 13.0 Å². The van der Waals surface area contributed by atoms with Crippen LogP contribution < -0.4 is 0 Å². The molecular formula is C14H16F2O2S. The molecule has 5 heteroatoms. The van der Waals surface area contributed by atoms with Crippen LogP contribution in [0.2, 0.25) is 0 Å². The van der Waals surface area contributed by atoms with E-state index in [0.29, 0.717) is 5.56 Å². The van der Waals surface area contributed by atoms with E-state index in [1.165, 1.54) is 18.4 Å². The van der Waals surface area contributed by atoms with Crippen LogP contribution >= 0.6 is 0 Å². The molecule has 3 atom stereocenters. The van der Waals surface area contributed by atoms with Gasteiger partial charge in [0, 0.05) is 17.9 Å². The Kier molecular flexibility index (Phi) is 4.82. The highest BCUT2D eigenvalue weighted by molar-refractivity contribution is 7.79. The van der Waals surface area contributed by atoms with E-state index in [1.807, 2.05) is 6.08 Å². The molecule has 0 bridgehead atoms. The molecular weight excluding hydrogens is 270 g/mol. The highest BCUT2D eigenvalue weighted by Gasteiger charge is 2.24. The fourth-order valence-corrected chi connectivity index (χ4v) is 2.86. The van der Waals surface area contributed by atoms with Gasteiger partial charge in [0.05, 0.1) is 6.10 Å². The van der Waals surface area contributed by atoms with Gasteiger partial charge in [0.1, 0.15) is 11.6 Å². The minimum absolute atomic E-state index is 0.0125. The lowest BCUT2D eigenvalue weighted by Gasteiger charge is -2.07. The largest absolute Gasteiger partial charge is 0.287 e. The van der Waals surface area contributed by atoms with Crippen molar-refractivity contribution >= 4 is 17.2 Å². The molecule has 1 aliphatic carbocycles. The molecule has 0 radical (unpaired) electrons. The van der Waals surface area contributed by atoms with Gasteiger partial charge in [0.25, 0.3) is 0 Å². The summed E-state index contributed by atoms with van der Waals surface area (Å²) in [6.07, 6.45) is 7.69. The molecule has 0 saturated heterocycles. The molecule has 0 heterocycles. The third-order valence-electron chi connectivity index (χ3n) is 3.21. The Morgan fingerprint density at radius 1 is 1.37 bits per heavy atom. The molecule has 1 aromatic rings. The summed E-state index contributed by atoms with van der Waals surface area (Å²) in [6.45, 7) is 0. The molecule has 1 fully saturated rings. The maximum Gasteiger partial charge on any atom is 0.152 e. The smallest absolute Gasteiger partial charge is 0.152 e. The summed E-state index contributed by atoms with van der Waals surface area (Å²) in [5.41, 5.74) is 0.379. The van der Waals surface area contributed by atoms with Crippen LogP contribution in [0.25, 0.3) is 6.08 Å². The second kappa shape index (κ2) is 6.39. The van der Waals surface area contributed by atoms with Crippen LogP contribution in [0.5, 0.6) is 0 Å². The van der Waals surface area contributed by atoms with Gasteiger partial charge in [0.15, 0.2) is 11.1 Å². The third kappa shape index (κ3) is 4.21. The SMILES string of the molecule is CS(=O)OC1CCC(/C=C/c2ccc(F)cc2F)C1.